The molecule has 2 aromatic carbocycles. The van der Waals surface area contributed by atoms with Crippen molar-refractivity contribution in [2.75, 3.05) is 7.05 Å². The van der Waals surface area contributed by atoms with Crippen LogP contribution < -0.4 is 15.4 Å². The molecular formula is C18H17FN2O4. The van der Waals surface area contributed by atoms with E-state index in [0.717, 1.165) is 0 Å². The molecule has 1 unspecified atom stereocenters. The largest absolute Gasteiger partial charge is 0.481 e. The Morgan fingerprint density at radius 3 is 2.00 bits per heavy atom. The van der Waals surface area contributed by atoms with Crippen LogP contribution in [0.15, 0.2) is 48.5 Å². The van der Waals surface area contributed by atoms with E-state index in [4.69, 9.17) is 4.74 Å². The van der Waals surface area contributed by atoms with Gasteiger partial charge in [-0.2, -0.15) is 0 Å². The summed E-state index contributed by atoms with van der Waals surface area (Å²) in [5.41, 5.74) is 0.773. The van der Waals surface area contributed by atoms with Crippen LogP contribution in [0.5, 0.6) is 5.75 Å². The molecule has 25 heavy (non-hydrogen) atoms. The van der Waals surface area contributed by atoms with Crippen molar-refractivity contribution < 1.29 is 23.5 Å². The molecule has 0 saturated carbocycles. The molecule has 2 N–H and O–H groups in total. The van der Waals surface area contributed by atoms with Gasteiger partial charge >= 0.3 is 6.03 Å². The highest BCUT2D eigenvalue weighted by Gasteiger charge is 2.17. The topological polar surface area (TPSA) is 84.5 Å². The molecule has 0 fully saturated rings. The van der Waals surface area contributed by atoms with Crippen LogP contribution in [0.3, 0.4) is 0 Å². The highest BCUT2D eigenvalue weighted by atomic mass is 19.1. The molecule has 0 aliphatic carbocycles. The lowest BCUT2D eigenvalue weighted by Crippen LogP contribution is -2.43. The Morgan fingerprint density at radius 1 is 0.960 bits per heavy atom. The number of amides is 3. The molecule has 7 heteroatoms. The maximum atomic E-state index is 12.9. The van der Waals surface area contributed by atoms with Crippen LogP contribution in [0.4, 0.5) is 9.18 Å². The van der Waals surface area contributed by atoms with Gasteiger partial charge in [-0.15, -0.1) is 0 Å². The van der Waals surface area contributed by atoms with Gasteiger partial charge in [0, 0.05) is 18.2 Å². The fraction of sp³-hybridized carbons (Fsp3) is 0.167. The van der Waals surface area contributed by atoms with Gasteiger partial charge in [-0.05, 0) is 55.5 Å². The van der Waals surface area contributed by atoms with E-state index < -0.39 is 23.9 Å². The van der Waals surface area contributed by atoms with E-state index in [2.05, 4.69) is 10.6 Å². The third-order valence-electron chi connectivity index (χ3n) is 3.37. The second-order valence-corrected chi connectivity index (χ2v) is 5.19. The average Bonchev–Trinajstić information content (AvgIpc) is 2.62. The SMILES string of the molecule is CNC(=O)NC(=O)C(C)Oc1ccc(C(=O)c2ccc(F)cc2)cc1. The summed E-state index contributed by atoms with van der Waals surface area (Å²) in [6.07, 6.45) is -0.893. The minimum atomic E-state index is -0.893. The molecule has 0 spiro atoms. The van der Waals surface area contributed by atoms with Crippen LogP contribution in [0, 0.1) is 5.82 Å². The average molecular weight is 344 g/mol. The molecule has 3 amide bonds. The van der Waals surface area contributed by atoms with Gasteiger partial charge in [0.1, 0.15) is 11.6 Å². The van der Waals surface area contributed by atoms with E-state index in [1.807, 2.05) is 0 Å². The Labute approximate surface area is 144 Å². The van der Waals surface area contributed by atoms with Crippen molar-refractivity contribution in [1.82, 2.24) is 10.6 Å². The lowest BCUT2D eigenvalue weighted by molar-refractivity contribution is -0.126. The highest BCUT2D eigenvalue weighted by molar-refractivity contribution is 6.09. The molecule has 2 rings (SSSR count). The van der Waals surface area contributed by atoms with Crippen LogP contribution in [-0.2, 0) is 4.79 Å². The van der Waals surface area contributed by atoms with Gasteiger partial charge in [0.15, 0.2) is 11.9 Å². The first-order valence-corrected chi connectivity index (χ1v) is 7.50. The van der Waals surface area contributed by atoms with E-state index >= 15 is 0 Å². The van der Waals surface area contributed by atoms with E-state index in [9.17, 15) is 18.8 Å². The Balaban J connectivity index is 2.02. The van der Waals surface area contributed by atoms with Gasteiger partial charge in [0.05, 0.1) is 0 Å². The molecule has 2 aromatic rings. The molecule has 0 aliphatic rings. The Morgan fingerprint density at radius 2 is 1.48 bits per heavy atom. The van der Waals surface area contributed by atoms with Crippen molar-refractivity contribution >= 4 is 17.7 Å². The standard InChI is InChI=1S/C18H17FN2O4/c1-11(17(23)21-18(24)20-2)25-15-9-5-13(6-10-15)16(22)12-3-7-14(19)8-4-12/h3-11H,1-2H3,(H2,20,21,23,24). The Bertz CT molecular complexity index is 773. The van der Waals surface area contributed by atoms with Crippen molar-refractivity contribution in [3.8, 4) is 5.75 Å². The molecule has 130 valence electrons. The summed E-state index contributed by atoms with van der Waals surface area (Å²) in [5, 5.41) is 4.37. The normalized spacial score (nSPS) is 11.3. The van der Waals surface area contributed by atoms with Crippen LogP contribution in [0.2, 0.25) is 0 Å². The number of imide groups is 1. The van der Waals surface area contributed by atoms with Gasteiger partial charge in [-0.3, -0.25) is 14.9 Å². The zero-order valence-electron chi connectivity index (χ0n) is 13.7. The number of halogens is 1. The number of hydrogen-bond acceptors (Lipinski definition) is 4. The lowest BCUT2D eigenvalue weighted by Gasteiger charge is -2.14. The van der Waals surface area contributed by atoms with Gasteiger partial charge in [-0.1, -0.05) is 0 Å². The van der Waals surface area contributed by atoms with E-state index in [-0.39, 0.29) is 5.78 Å². The molecule has 0 aliphatic heterocycles. The fourth-order valence-corrected chi connectivity index (χ4v) is 1.99. The highest BCUT2D eigenvalue weighted by Crippen LogP contribution is 2.17. The maximum Gasteiger partial charge on any atom is 0.321 e. The number of hydrogen-bond donors (Lipinski definition) is 2. The molecule has 0 radical (unpaired) electrons. The van der Waals surface area contributed by atoms with Gasteiger partial charge < -0.3 is 10.1 Å². The number of urea groups is 1. The monoisotopic (exact) mass is 344 g/mol. The van der Waals surface area contributed by atoms with Crippen molar-refractivity contribution in [2.24, 2.45) is 0 Å². The van der Waals surface area contributed by atoms with Crippen LogP contribution in [-0.4, -0.2) is 30.9 Å². The summed E-state index contributed by atoms with van der Waals surface area (Å²) < 4.78 is 18.3. The number of ether oxygens (including phenoxy) is 1. The number of benzene rings is 2. The first kappa shape index (κ1) is 18.1. The fourth-order valence-electron chi connectivity index (χ4n) is 1.99. The first-order chi connectivity index (χ1) is 11.9. The second-order valence-electron chi connectivity index (χ2n) is 5.19. The number of rotatable bonds is 5. The van der Waals surface area contributed by atoms with Crippen LogP contribution in [0.1, 0.15) is 22.8 Å². The molecular weight excluding hydrogens is 327 g/mol. The van der Waals surface area contributed by atoms with E-state index in [0.29, 0.717) is 16.9 Å². The minimum Gasteiger partial charge on any atom is -0.481 e. The maximum absolute atomic E-state index is 12.9. The first-order valence-electron chi connectivity index (χ1n) is 7.50. The Hall–Kier alpha value is -3.22. The summed E-state index contributed by atoms with van der Waals surface area (Å²) >= 11 is 0. The lowest BCUT2D eigenvalue weighted by atomic mass is 10.0. The predicted octanol–water partition coefficient (Wildman–Crippen LogP) is 2.28. The Kier molecular flexibility index (Phi) is 5.84. The number of nitrogens with one attached hydrogen (secondary N) is 2. The summed E-state index contributed by atoms with van der Waals surface area (Å²) in [6, 6.07) is 10.8. The minimum absolute atomic E-state index is 0.253. The summed E-state index contributed by atoms with van der Waals surface area (Å²) in [7, 11) is 1.39. The van der Waals surface area contributed by atoms with Gasteiger partial charge in [0.25, 0.3) is 5.91 Å². The quantitative estimate of drug-likeness (QED) is 0.815. The third kappa shape index (κ3) is 4.87. The van der Waals surface area contributed by atoms with Crippen molar-refractivity contribution in [3.63, 3.8) is 0 Å². The summed E-state index contributed by atoms with van der Waals surface area (Å²) in [4.78, 5) is 35.1. The molecule has 1 atom stereocenters. The molecule has 0 saturated heterocycles. The zero-order chi connectivity index (χ0) is 18.4. The predicted molar refractivity (Wildman–Crippen MR) is 89.0 cm³/mol. The van der Waals surface area contributed by atoms with Crippen molar-refractivity contribution in [1.29, 1.82) is 0 Å². The molecule has 0 bridgehead atoms. The second kappa shape index (κ2) is 8.05. The number of carbonyl (C=O) groups is 3. The van der Waals surface area contributed by atoms with Gasteiger partial charge in [-0.25, -0.2) is 9.18 Å². The van der Waals surface area contributed by atoms with E-state index in [1.165, 1.54) is 38.2 Å². The molecule has 0 aromatic heterocycles. The smallest absolute Gasteiger partial charge is 0.321 e. The molecule has 6 nitrogen and oxygen atoms in total. The number of carbonyl (C=O) groups excluding carboxylic acids is 3. The van der Waals surface area contributed by atoms with Crippen molar-refractivity contribution in [3.05, 3.63) is 65.5 Å². The van der Waals surface area contributed by atoms with Gasteiger partial charge in [0.2, 0.25) is 0 Å². The molecule has 0 heterocycles. The van der Waals surface area contributed by atoms with Crippen LogP contribution >= 0.6 is 0 Å². The third-order valence-corrected chi connectivity index (χ3v) is 3.37. The van der Waals surface area contributed by atoms with Crippen LogP contribution in [0.25, 0.3) is 0 Å². The zero-order valence-corrected chi connectivity index (χ0v) is 13.7. The summed E-state index contributed by atoms with van der Waals surface area (Å²) in [5.74, 6) is -0.887. The van der Waals surface area contributed by atoms with Crippen molar-refractivity contribution in [2.45, 2.75) is 13.0 Å². The summed E-state index contributed by atoms with van der Waals surface area (Å²) in [6.45, 7) is 1.50. The number of ketones is 1. The van der Waals surface area contributed by atoms with E-state index in [1.54, 1.807) is 24.3 Å².